The second kappa shape index (κ2) is 9.59. The van der Waals surface area contributed by atoms with Crippen molar-refractivity contribution in [3.8, 4) is 0 Å². The SMILES string of the molecule is CSC(=N)CCCCCCC(=N)SC. The Morgan fingerprint density at radius 2 is 1.14 bits per heavy atom. The van der Waals surface area contributed by atoms with Crippen LogP contribution < -0.4 is 0 Å². The lowest BCUT2D eigenvalue weighted by atomic mass is 10.1. The van der Waals surface area contributed by atoms with Gasteiger partial charge in [-0.2, -0.15) is 0 Å². The number of nitrogens with one attached hydrogen (secondary N) is 2. The number of rotatable bonds is 7. The minimum atomic E-state index is 0.793. The molecule has 0 amide bonds. The van der Waals surface area contributed by atoms with E-state index in [1.807, 2.05) is 12.5 Å². The molecule has 0 saturated heterocycles. The van der Waals surface area contributed by atoms with Crippen molar-refractivity contribution in [1.82, 2.24) is 0 Å². The zero-order valence-corrected chi connectivity index (χ0v) is 10.7. The van der Waals surface area contributed by atoms with E-state index in [-0.39, 0.29) is 0 Å². The van der Waals surface area contributed by atoms with Gasteiger partial charge < -0.3 is 0 Å². The zero-order chi connectivity index (χ0) is 10.8. The molecule has 0 rings (SSSR count). The van der Waals surface area contributed by atoms with Crippen molar-refractivity contribution >= 4 is 33.6 Å². The maximum Gasteiger partial charge on any atom is 0.0638 e. The van der Waals surface area contributed by atoms with Crippen LogP contribution >= 0.6 is 23.5 Å². The van der Waals surface area contributed by atoms with Crippen molar-refractivity contribution in [2.45, 2.75) is 38.5 Å². The molecule has 0 saturated carbocycles. The Morgan fingerprint density at radius 3 is 1.43 bits per heavy atom. The van der Waals surface area contributed by atoms with Crippen LogP contribution in [0.1, 0.15) is 38.5 Å². The monoisotopic (exact) mass is 232 g/mol. The largest absolute Gasteiger partial charge is 0.298 e. The molecule has 0 aromatic heterocycles. The van der Waals surface area contributed by atoms with Crippen LogP contribution in [-0.2, 0) is 0 Å². The van der Waals surface area contributed by atoms with Gasteiger partial charge in [0.2, 0.25) is 0 Å². The summed E-state index contributed by atoms with van der Waals surface area (Å²) in [5.74, 6) is 0. The van der Waals surface area contributed by atoms with Crippen LogP contribution in [-0.4, -0.2) is 22.6 Å². The van der Waals surface area contributed by atoms with E-state index in [1.165, 1.54) is 12.8 Å². The zero-order valence-electron chi connectivity index (χ0n) is 9.06. The van der Waals surface area contributed by atoms with E-state index in [1.54, 1.807) is 23.5 Å². The lowest BCUT2D eigenvalue weighted by Gasteiger charge is -2.01. The Bertz CT molecular complexity index is 161. The van der Waals surface area contributed by atoms with E-state index in [0.717, 1.165) is 35.8 Å². The first kappa shape index (κ1) is 14.0. The van der Waals surface area contributed by atoms with E-state index in [4.69, 9.17) is 10.8 Å². The standard InChI is InChI=1S/C10H20N2S2/c1-13-9(11)7-5-3-4-6-8-10(12)14-2/h11-12H,3-8H2,1-2H3. The third-order valence-corrected chi connectivity index (χ3v) is 3.44. The summed E-state index contributed by atoms with van der Waals surface area (Å²) in [6.45, 7) is 0. The van der Waals surface area contributed by atoms with Gasteiger partial charge in [0, 0.05) is 0 Å². The molecule has 4 heteroatoms. The van der Waals surface area contributed by atoms with Gasteiger partial charge in [-0.25, -0.2) is 0 Å². The predicted octanol–water partition coefficient (Wildman–Crippen LogP) is 4.01. The fourth-order valence-electron chi connectivity index (χ4n) is 1.13. The number of hydrogen-bond donors (Lipinski definition) is 2. The highest BCUT2D eigenvalue weighted by molar-refractivity contribution is 8.13. The molecule has 2 N–H and O–H groups in total. The highest BCUT2D eigenvalue weighted by Gasteiger charge is 1.96. The maximum absolute atomic E-state index is 7.44. The summed E-state index contributed by atoms with van der Waals surface area (Å²) in [4.78, 5) is 0. The number of unbranched alkanes of at least 4 members (excludes halogenated alkanes) is 3. The lowest BCUT2D eigenvalue weighted by Crippen LogP contribution is -1.91. The van der Waals surface area contributed by atoms with Crippen molar-refractivity contribution < 1.29 is 0 Å². The summed E-state index contributed by atoms with van der Waals surface area (Å²) in [7, 11) is 0. The van der Waals surface area contributed by atoms with Crippen LogP contribution in [0.3, 0.4) is 0 Å². The Morgan fingerprint density at radius 1 is 0.786 bits per heavy atom. The highest BCUT2D eigenvalue weighted by atomic mass is 32.2. The molecule has 0 unspecified atom stereocenters. The highest BCUT2D eigenvalue weighted by Crippen LogP contribution is 2.11. The predicted molar refractivity (Wildman–Crippen MR) is 70.2 cm³/mol. The fourth-order valence-corrected chi connectivity index (χ4v) is 1.83. The van der Waals surface area contributed by atoms with Crippen LogP contribution in [0.25, 0.3) is 0 Å². The molecule has 0 bridgehead atoms. The van der Waals surface area contributed by atoms with Crippen LogP contribution in [0, 0.1) is 10.8 Å². The van der Waals surface area contributed by atoms with Crippen molar-refractivity contribution in [1.29, 1.82) is 10.8 Å². The van der Waals surface area contributed by atoms with Gasteiger partial charge >= 0.3 is 0 Å². The molecule has 0 aliphatic rings. The van der Waals surface area contributed by atoms with Crippen LogP contribution in [0.15, 0.2) is 0 Å². The van der Waals surface area contributed by atoms with Gasteiger partial charge in [0.05, 0.1) is 10.1 Å². The first-order chi connectivity index (χ1) is 6.70. The van der Waals surface area contributed by atoms with E-state index in [2.05, 4.69) is 0 Å². The Kier molecular flexibility index (Phi) is 9.62. The van der Waals surface area contributed by atoms with Crippen LogP contribution in [0.4, 0.5) is 0 Å². The molecule has 2 nitrogen and oxygen atoms in total. The molecule has 0 heterocycles. The maximum atomic E-state index is 7.44. The normalized spacial score (nSPS) is 10.1. The average Bonchev–Trinajstić information content (AvgIpc) is 2.22. The summed E-state index contributed by atoms with van der Waals surface area (Å²) in [5, 5.41) is 16.5. The molecule has 0 aromatic rings. The minimum Gasteiger partial charge on any atom is -0.298 e. The molecule has 0 radical (unpaired) electrons. The van der Waals surface area contributed by atoms with Gasteiger partial charge in [0.1, 0.15) is 0 Å². The van der Waals surface area contributed by atoms with Crippen molar-refractivity contribution in [3.05, 3.63) is 0 Å². The quantitative estimate of drug-likeness (QED) is 0.396. The van der Waals surface area contributed by atoms with Gasteiger partial charge in [-0.3, -0.25) is 10.8 Å². The van der Waals surface area contributed by atoms with Gasteiger partial charge in [0.15, 0.2) is 0 Å². The van der Waals surface area contributed by atoms with Crippen molar-refractivity contribution in [2.75, 3.05) is 12.5 Å². The van der Waals surface area contributed by atoms with E-state index < -0.39 is 0 Å². The van der Waals surface area contributed by atoms with Gasteiger partial charge in [-0.05, 0) is 38.2 Å². The van der Waals surface area contributed by atoms with Gasteiger partial charge in [-0.15, -0.1) is 23.5 Å². The second-order valence-corrected chi connectivity index (χ2v) is 4.97. The molecular weight excluding hydrogens is 212 g/mol. The van der Waals surface area contributed by atoms with Gasteiger partial charge in [0.25, 0.3) is 0 Å². The summed E-state index contributed by atoms with van der Waals surface area (Å²) >= 11 is 3.09. The molecule has 0 spiro atoms. The lowest BCUT2D eigenvalue weighted by molar-refractivity contribution is 0.669. The van der Waals surface area contributed by atoms with Crippen LogP contribution in [0.5, 0.6) is 0 Å². The molecule has 0 fully saturated rings. The first-order valence-corrected chi connectivity index (χ1v) is 7.38. The van der Waals surface area contributed by atoms with Crippen molar-refractivity contribution in [2.24, 2.45) is 0 Å². The summed E-state index contributed by atoms with van der Waals surface area (Å²) in [6, 6.07) is 0. The Labute approximate surface area is 95.6 Å². The topological polar surface area (TPSA) is 47.7 Å². The molecule has 82 valence electrons. The fraction of sp³-hybridized carbons (Fsp3) is 0.800. The van der Waals surface area contributed by atoms with E-state index in [0.29, 0.717) is 0 Å². The average molecular weight is 232 g/mol. The molecule has 0 aliphatic heterocycles. The summed E-state index contributed by atoms with van der Waals surface area (Å²) in [5.41, 5.74) is 0. The molecule has 0 aromatic carbocycles. The second-order valence-electron chi connectivity index (χ2n) is 3.17. The molecule has 14 heavy (non-hydrogen) atoms. The number of hydrogen-bond acceptors (Lipinski definition) is 4. The third kappa shape index (κ3) is 8.63. The van der Waals surface area contributed by atoms with E-state index in [9.17, 15) is 0 Å². The van der Waals surface area contributed by atoms with E-state index >= 15 is 0 Å². The van der Waals surface area contributed by atoms with Gasteiger partial charge in [-0.1, -0.05) is 12.8 Å². The Balaban J connectivity index is 3.14. The smallest absolute Gasteiger partial charge is 0.0638 e. The molecule has 0 aliphatic carbocycles. The molecule has 0 atom stereocenters. The van der Waals surface area contributed by atoms with Crippen LogP contribution in [0.2, 0.25) is 0 Å². The third-order valence-electron chi connectivity index (χ3n) is 2.05. The minimum absolute atomic E-state index is 0.793. The number of thioether (sulfide) groups is 2. The van der Waals surface area contributed by atoms with Crippen molar-refractivity contribution in [3.63, 3.8) is 0 Å². The first-order valence-electron chi connectivity index (χ1n) is 4.93. The summed E-state index contributed by atoms with van der Waals surface area (Å²) in [6.07, 6.45) is 10.4. The summed E-state index contributed by atoms with van der Waals surface area (Å²) < 4.78 is 0. The Hall–Kier alpha value is 0.0400. The molecular formula is C10H20N2S2.